The number of fused-ring (bicyclic) bond motifs is 1. The van der Waals surface area contributed by atoms with Gasteiger partial charge in [0.25, 0.3) is 0 Å². The van der Waals surface area contributed by atoms with E-state index in [0.29, 0.717) is 31.2 Å². The van der Waals surface area contributed by atoms with E-state index in [4.69, 9.17) is 15.6 Å². The molecule has 1 amide bonds. The first kappa shape index (κ1) is 27.5. The van der Waals surface area contributed by atoms with Crippen molar-refractivity contribution in [1.82, 2.24) is 29.5 Å². The molecule has 4 aromatic rings. The Bertz CT molecular complexity index is 1450. The summed E-state index contributed by atoms with van der Waals surface area (Å²) >= 11 is 0. The quantitative estimate of drug-likeness (QED) is 0.304. The fraction of sp³-hybridized carbons (Fsp3) is 0.355. The Morgan fingerprint density at radius 1 is 1.12 bits per heavy atom. The molecule has 2 aromatic heterocycles. The van der Waals surface area contributed by atoms with Crippen LogP contribution >= 0.6 is 0 Å². The number of hydrogen-bond donors (Lipinski definition) is 1. The fourth-order valence-corrected chi connectivity index (χ4v) is 5.20. The number of carbonyl (C=O) groups is 1. The lowest BCUT2D eigenvalue weighted by molar-refractivity contribution is -0.127. The van der Waals surface area contributed by atoms with Crippen molar-refractivity contribution in [1.29, 1.82) is 0 Å². The highest BCUT2D eigenvalue weighted by atomic mass is 16.5. The maximum atomic E-state index is 13.0. The maximum absolute atomic E-state index is 13.0. The third-order valence-corrected chi connectivity index (χ3v) is 7.41. The summed E-state index contributed by atoms with van der Waals surface area (Å²) in [5, 5.41) is 5.78. The van der Waals surface area contributed by atoms with Crippen LogP contribution in [-0.4, -0.2) is 82.4 Å². The number of nitrogens with two attached hydrogens (primary N) is 1. The summed E-state index contributed by atoms with van der Waals surface area (Å²) in [7, 11) is 3.70. The van der Waals surface area contributed by atoms with Crippen LogP contribution in [0.2, 0.25) is 0 Å². The van der Waals surface area contributed by atoms with Gasteiger partial charge in [-0.2, -0.15) is 5.10 Å². The number of ether oxygens (including phenoxy) is 1. The van der Waals surface area contributed by atoms with E-state index in [9.17, 15) is 4.79 Å². The molecule has 0 saturated carbocycles. The molecule has 2 aromatic carbocycles. The molecule has 3 heterocycles. The number of carbonyl (C=O) groups excluding carboxylic acids is 1. The van der Waals surface area contributed by atoms with Crippen LogP contribution < -0.4 is 5.73 Å². The standard InChI is InChI=1S/C31H37N7O2/c1-36(18-19-40-2)16-7-11-27(39)37-17-6-10-26(21-37)38-31-28(30(32)33-22-34-31)29(35-38)25-14-12-24(13-15-25)20-23-8-4-3-5-9-23/h3-5,7-9,11-15,22,26H,6,10,16-21H2,1-2H3,(H2,32,33,34)/b11-7+. The molecule has 1 unspecified atom stereocenters. The van der Waals surface area contributed by atoms with Gasteiger partial charge < -0.3 is 20.3 Å². The Morgan fingerprint density at radius 3 is 2.67 bits per heavy atom. The Kier molecular flexibility index (Phi) is 8.83. The van der Waals surface area contributed by atoms with Crippen LogP contribution in [-0.2, 0) is 16.0 Å². The summed E-state index contributed by atoms with van der Waals surface area (Å²) < 4.78 is 7.06. The van der Waals surface area contributed by atoms with Gasteiger partial charge in [0.1, 0.15) is 17.8 Å². The van der Waals surface area contributed by atoms with Gasteiger partial charge in [0.05, 0.1) is 18.0 Å². The van der Waals surface area contributed by atoms with E-state index < -0.39 is 0 Å². The molecular formula is C31H37N7O2. The summed E-state index contributed by atoms with van der Waals surface area (Å²) in [6, 6.07) is 18.9. The lowest BCUT2D eigenvalue weighted by Crippen LogP contribution is -2.40. The number of benzene rings is 2. The molecule has 208 valence electrons. The van der Waals surface area contributed by atoms with E-state index in [0.717, 1.165) is 49.0 Å². The molecule has 0 spiro atoms. The van der Waals surface area contributed by atoms with Crippen LogP contribution in [0, 0.1) is 0 Å². The number of amides is 1. The third-order valence-electron chi connectivity index (χ3n) is 7.41. The number of likely N-dealkylation sites (tertiary alicyclic amines) is 1. The second kappa shape index (κ2) is 12.8. The Morgan fingerprint density at radius 2 is 1.90 bits per heavy atom. The highest BCUT2D eigenvalue weighted by Crippen LogP contribution is 2.34. The Hall–Kier alpha value is -4.08. The number of rotatable bonds is 10. The second-order valence-corrected chi connectivity index (χ2v) is 10.3. The lowest BCUT2D eigenvalue weighted by Gasteiger charge is -2.32. The number of likely N-dealkylation sites (N-methyl/N-ethyl adjacent to an activating group) is 1. The molecule has 1 saturated heterocycles. The van der Waals surface area contributed by atoms with Crippen molar-refractivity contribution >= 4 is 22.8 Å². The van der Waals surface area contributed by atoms with Crippen LogP contribution in [0.25, 0.3) is 22.3 Å². The highest BCUT2D eigenvalue weighted by Gasteiger charge is 2.28. The van der Waals surface area contributed by atoms with Crippen LogP contribution in [0.3, 0.4) is 0 Å². The van der Waals surface area contributed by atoms with Crippen molar-refractivity contribution in [3.63, 3.8) is 0 Å². The number of aromatic nitrogens is 4. The van der Waals surface area contributed by atoms with E-state index in [-0.39, 0.29) is 11.9 Å². The van der Waals surface area contributed by atoms with Crippen LogP contribution in [0.1, 0.15) is 30.0 Å². The average Bonchev–Trinajstić information content (AvgIpc) is 3.38. The normalized spacial score (nSPS) is 15.9. The lowest BCUT2D eigenvalue weighted by atomic mass is 10.0. The number of anilines is 1. The summed E-state index contributed by atoms with van der Waals surface area (Å²) in [5.74, 6) is 0.425. The molecule has 1 aliphatic rings. The monoisotopic (exact) mass is 539 g/mol. The predicted molar refractivity (Wildman–Crippen MR) is 158 cm³/mol. The SMILES string of the molecule is COCCN(C)C/C=C/C(=O)N1CCCC(n2nc(-c3ccc(Cc4ccccc4)cc3)c3c(N)ncnc32)C1. The summed E-state index contributed by atoms with van der Waals surface area (Å²) in [5.41, 5.74) is 11.3. The number of piperidine rings is 1. The summed E-state index contributed by atoms with van der Waals surface area (Å²) in [6.45, 7) is 3.47. The minimum atomic E-state index is -0.00150. The molecule has 0 radical (unpaired) electrons. The Balaban J connectivity index is 1.35. The second-order valence-electron chi connectivity index (χ2n) is 10.3. The molecule has 5 rings (SSSR count). The van der Waals surface area contributed by atoms with Gasteiger partial charge in [-0.15, -0.1) is 0 Å². The molecule has 0 aliphatic carbocycles. The van der Waals surface area contributed by atoms with Crippen molar-refractivity contribution in [2.45, 2.75) is 25.3 Å². The van der Waals surface area contributed by atoms with Gasteiger partial charge in [0.2, 0.25) is 5.91 Å². The van der Waals surface area contributed by atoms with E-state index in [1.807, 2.05) is 28.8 Å². The molecule has 1 aliphatic heterocycles. The maximum Gasteiger partial charge on any atom is 0.246 e. The fourth-order valence-electron chi connectivity index (χ4n) is 5.20. The van der Waals surface area contributed by atoms with Crippen LogP contribution in [0.4, 0.5) is 5.82 Å². The van der Waals surface area contributed by atoms with Crippen molar-refractivity contribution < 1.29 is 9.53 Å². The zero-order valence-electron chi connectivity index (χ0n) is 23.2. The van der Waals surface area contributed by atoms with Gasteiger partial charge in [0.15, 0.2) is 5.65 Å². The van der Waals surface area contributed by atoms with Gasteiger partial charge in [-0.1, -0.05) is 60.7 Å². The number of hydrogen-bond acceptors (Lipinski definition) is 7. The molecule has 0 bridgehead atoms. The van der Waals surface area contributed by atoms with E-state index in [1.165, 1.54) is 17.5 Å². The van der Waals surface area contributed by atoms with Gasteiger partial charge >= 0.3 is 0 Å². The zero-order chi connectivity index (χ0) is 27.9. The minimum Gasteiger partial charge on any atom is -0.383 e. The third kappa shape index (κ3) is 6.38. The highest BCUT2D eigenvalue weighted by molar-refractivity contribution is 5.98. The molecule has 1 fully saturated rings. The largest absolute Gasteiger partial charge is 0.383 e. The van der Waals surface area contributed by atoms with Gasteiger partial charge in [-0.25, -0.2) is 14.6 Å². The molecular weight excluding hydrogens is 502 g/mol. The smallest absolute Gasteiger partial charge is 0.246 e. The van der Waals surface area contributed by atoms with E-state index in [2.05, 4.69) is 63.4 Å². The van der Waals surface area contributed by atoms with E-state index in [1.54, 1.807) is 13.2 Å². The van der Waals surface area contributed by atoms with Crippen molar-refractivity contribution in [3.8, 4) is 11.3 Å². The molecule has 40 heavy (non-hydrogen) atoms. The molecule has 1 atom stereocenters. The van der Waals surface area contributed by atoms with Crippen molar-refractivity contribution in [3.05, 3.63) is 84.2 Å². The van der Waals surface area contributed by atoms with Crippen LogP contribution in [0.5, 0.6) is 0 Å². The van der Waals surface area contributed by atoms with Gasteiger partial charge in [-0.3, -0.25) is 4.79 Å². The summed E-state index contributed by atoms with van der Waals surface area (Å²) in [6.07, 6.45) is 7.74. The first-order chi connectivity index (χ1) is 19.5. The van der Waals surface area contributed by atoms with Crippen molar-refractivity contribution in [2.75, 3.05) is 52.7 Å². The number of nitrogen functional groups attached to an aromatic ring is 1. The first-order valence-corrected chi connectivity index (χ1v) is 13.8. The minimum absolute atomic E-state index is 0.00150. The summed E-state index contributed by atoms with van der Waals surface area (Å²) in [4.78, 5) is 25.8. The van der Waals surface area contributed by atoms with E-state index >= 15 is 0 Å². The molecule has 9 nitrogen and oxygen atoms in total. The zero-order valence-corrected chi connectivity index (χ0v) is 23.2. The van der Waals surface area contributed by atoms with Gasteiger partial charge in [-0.05, 0) is 37.4 Å². The predicted octanol–water partition coefficient (Wildman–Crippen LogP) is 3.96. The van der Waals surface area contributed by atoms with Crippen LogP contribution in [0.15, 0.2) is 73.1 Å². The average molecular weight is 540 g/mol. The molecule has 9 heteroatoms. The number of methoxy groups -OCH3 is 1. The topological polar surface area (TPSA) is 102 Å². The first-order valence-electron chi connectivity index (χ1n) is 13.8. The molecule has 2 N–H and O–H groups in total. The Labute approximate surface area is 235 Å². The number of nitrogens with zero attached hydrogens (tertiary/aromatic N) is 6. The van der Waals surface area contributed by atoms with Crippen molar-refractivity contribution in [2.24, 2.45) is 0 Å². The van der Waals surface area contributed by atoms with Gasteiger partial charge in [0, 0.05) is 44.9 Å².